The average Bonchev–Trinajstić information content (AvgIpc) is 3.25. The maximum atomic E-state index is 13.0. The van der Waals surface area contributed by atoms with E-state index in [2.05, 4.69) is 10.1 Å². The third kappa shape index (κ3) is 4.68. The average molecular weight is 422 g/mol. The summed E-state index contributed by atoms with van der Waals surface area (Å²) >= 11 is 0. The highest BCUT2D eigenvalue weighted by Gasteiger charge is 2.31. The number of amides is 1. The lowest BCUT2D eigenvalue weighted by molar-refractivity contribution is -0.136. The second-order valence-corrected chi connectivity index (χ2v) is 7.72. The van der Waals surface area contributed by atoms with E-state index in [4.69, 9.17) is 9.15 Å². The third-order valence-corrected chi connectivity index (χ3v) is 5.52. The van der Waals surface area contributed by atoms with Crippen LogP contribution in [0.1, 0.15) is 48.2 Å². The van der Waals surface area contributed by atoms with Crippen molar-refractivity contribution in [2.75, 3.05) is 13.7 Å². The molecule has 2 aromatic heterocycles. The molecular weight excluding hydrogens is 396 g/mol. The molecule has 0 bridgehead atoms. The number of ether oxygens (including phenoxy) is 1. The number of likely N-dealkylation sites (tertiary alicyclic amines) is 1. The summed E-state index contributed by atoms with van der Waals surface area (Å²) in [5.41, 5.74) is 1.41. The van der Waals surface area contributed by atoms with Crippen LogP contribution in [0.2, 0.25) is 0 Å². The number of benzene rings is 1. The molecule has 1 aliphatic rings. The largest absolute Gasteiger partial charge is 0.496 e. The predicted molar refractivity (Wildman–Crippen MR) is 114 cm³/mol. The number of hydrogen-bond donors (Lipinski definition) is 0. The summed E-state index contributed by atoms with van der Waals surface area (Å²) in [5.74, 6) is 1.89. The SMILES string of the molecule is COc1ccccc1Cc1cnc([C@@H]2CCCCN2C(=O)Cn2nc(C)ccc2=O)o1. The van der Waals surface area contributed by atoms with Crippen molar-refractivity contribution in [3.63, 3.8) is 0 Å². The van der Waals surface area contributed by atoms with Gasteiger partial charge < -0.3 is 14.1 Å². The summed E-state index contributed by atoms with van der Waals surface area (Å²) < 4.78 is 12.7. The Bertz CT molecular complexity index is 1120. The molecule has 0 saturated carbocycles. The highest BCUT2D eigenvalue weighted by atomic mass is 16.5. The van der Waals surface area contributed by atoms with Crippen LogP contribution < -0.4 is 10.3 Å². The minimum Gasteiger partial charge on any atom is -0.496 e. The number of piperidine rings is 1. The molecule has 1 atom stereocenters. The molecule has 1 fully saturated rings. The molecule has 162 valence electrons. The fourth-order valence-corrected chi connectivity index (χ4v) is 3.97. The molecule has 3 heterocycles. The first-order chi connectivity index (χ1) is 15.0. The molecule has 1 aromatic carbocycles. The van der Waals surface area contributed by atoms with Gasteiger partial charge in [-0.25, -0.2) is 9.67 Å². The molecule has 8 nitrogen and oxygen atoms in total. The summed E-state index contributed by atoms with van der Waals surface area (Å²) in [4.78, 5) is 31.3. The molecule has 1 amide bonds. The Labute approximate surface area is 180 Å². The van der Waals surface area contributed by atoms with Crippen LogP contribution in [0.3, 0.4) is 0 Å². The van der Waals surface area contributed by atoms with Gasteiger partial charge in [0.1, 0.15) is 24.1 Å². The fourth-order valence-electron chi connectivity index (χ4n) is 3.97. The van der Waals surface area contributed by atoms with Crippen molar-refractivity contribution in [3.05, 3.63) is 75.9 Å². The summed E-state index contributed by atoms with van der Waals surface area (Å²) in [6, 6.07) is 10.6. The van der Waals surface area contributed by atoms with Crippen molar-refractivity contribution in [2.24, 2.45) is 0 Å². The number of oxazole rings is 1. The van der Waals surface area contributed by atoms with E-state index in [1.807, 2.05) is 24.3 Å². The van der Waals surface area contributed by atoms with Gasteiger partial charge in [-0.3, -0.25) is 9.59 Å². The zero-order valence-corrected chi connectivity index (χ0v) is 17.8. The molecule has 4 rings (SSSR count). The van der Waals surface area contributed by atoms with Crippen molar-refractivity contribution in [2.45, 2.75) is 45.2 Å². The Morgan fingerprint density at radius 3 is 2.90 bits per heavy atom. The Morgan fingerprint density at radius 2 is 2.06 bits per heavy atom. The molecule has 3 aromatic rings. The fraction of sp³-hybridized carbons (Fsp3) is 0.391. The topological polar surface area (TPSA) is 90.5 Å². The number of para-hydroxylation sites is 1. The molecule has 1 aliphatic heterocycles. The van der Waals surface area contributed by atoms with Crippen LogP contribution in [0, 0.1) is 6.92 Å². The second kappa shape index (κ2) is 9.16. The zero-order valence-electron chi connectivity index (χ0n) is 17.8. The van der Waals surface area contributed by atoms with Gasteiger partial charge in [0, 0.05) is 24.6 Å². The molecule has 1 saturated heterocycles. The van der Waals surface area contributed by atoms with E-state index in [0.29, 0.717) is 30.3 Å². The zero-order chi connectivity index (χ0) is 21.8. The lowest BCUT2D eigenvalue weighted by atomic mass is 10.0. The van der Waals surface area contributed by atoms with Crippen molar-refractivity contribution in [1.29, 1.82) is 0 Å². The van der Waals surface area contributed by atoms with E-state index < -0.39 is 0 Å². The second-order valence-electron chi connectivity index (χ2n) is 7.72. The summed E-state index contributed by atoms with van der Waals surface area (Å²) in [7, 11) is 1.64. The quantitative estimate of drug-likeness (QED) is 0.607. The number of rotatable bonds is 6. The number of hydrogen-bond acceptors (Lipinski definition) is 6. The monoisotopic (exact) mass is 422 g/mol. The van der Waals surface area contributed by atoms with Gasteiger partial charge in [-0.2, -0.15) is 5.10 Å². The van der Waals surface area contributed by atoms with E-state index in [1.165, 1.54) is 10.7 Å². The van der Waals surface area contributed by atoms with E-state index in [9.17, 15) is 9.59 Å². The molecule has 0 spiro atoms. The van der Waals surface area contributed by atoms with Crippen molar-refractivity contribution in [3.8, 4) is 5.75 Å². The van der Waals surface area contributed by atoms with Crippen molar-refractivity contribution in [1.82, 2.24) is 19.7 Å². The van der Waals surface area contributed by atoms with Crippen molar-refractivity contribution >= 4 is 5.91 Å². The first-order valence-corrected chi connectivity index (χ1v) is 10.5. The molecule has 0 unspecified atom stereocenters. The first kappa shape index (κ1) is 20.8. The number of aromatic nitrogens is 3. The van der Waals surface area contributed by atoms with Crippen LogP contribution >= 0.6 is 0 Å². The number of methoxy groups -OCH3 is 1. The van der Waals surface area contributed by atoms with Gasteiger partial charge >= 0.3 is 0 Å². The lowest BCUT2D eigenvalue weighted by Crippen LogP contribution is -2.42. The van der Waals surface area contributed by atoms with E-state index in [0.717, 1.165) is 30.6 Å². The van der Waals surface area contributed by atoms with Crippen LogP contribution in [0.25, 0.3) is 0 Å². The smallest absolute Gasteiger partial charge is 0.267 e. The molecule has 8 heteroatoms. The molecular formula is C23H26N4O4. The molecule has 31 heavy (non-hydrogen) atoms. The lowest BCUT2D eigenvalue weighted by Gasteiger charge is -2.33. The number of carbonyl (C=O) groups is 1. The van der Waals surface area contributed by atoms with Crippen LogP contribution in [0.15, 0.2) is 51.8 Å². The van der Waals surface area contributed by atoms with Crippen LogP contribution in [-0.2, 0) is 17.8 Å². The third-order valence-electron chi connectivity index (χ3n) is 5.52. The molecule has 0 aliphatic carbocycles. The molecule has 0 N–H and O–H groups in total. The minimum atomic E-state index is -0.289. The van der Waals surface area contributed by atoms with Gasteiger partial charge in [0.2, 0.25) is 11.8 Å². The highest BCUT2D eigenvalue weighted by Crippen LogP contribution is 2.31. The first-order valence-electron chi connectivity index (χ1n) is 10.5. The van der Waals surface area contributed by atoms with E-state index >= 15 is 0 Å². The Morgan fingerprint density at radius 1 is 1.23 bits per heavy atom. The minimum absolute atomic E-state index is 0.0915. The number of carbonyl (C=O) groups excluding carboxylic acids is 1. The maximum Gasteiger partial charge on any atom is 0.267 e. The van der Waals surface area contributed by atoms with Gasteiger partial charge in [-0.05, 0) is 38.3 Å². The van der Waals surface area contributed by atoms with E-state index in [1.54, 1.807) is 31.2 Å². The Balaban J connectivity index is 1.52. The molecule has 0 radical (unpaired) electrons. The normalized spacial score (nSPS) is 16.3. The highest BCUT2D eigenvalue weighted by molar-refractivity contribution is 5.76. The number of aryl methyl sites for hydroxylation is 1. The maximum absolute atomic E-state index is 13.0. The van der Waals surface area contributed by atoms with Gasteiger partial charge in [-0.1, -0.05) is 18.2 Å². The summed E-state index contributed by atoms with van der Waals surface area (Å²) in [6.45, 7) is 2.31. The van der Waals surface area contributed by atoms with Crippen molar-refractivity contribution < 1.29 is 13.9 Å². The van der Waals surface area contributed by atoms with Crippen LogP contribution in [0.4, 0.5) is 0 Å². The summed E-state index contributed by atoms with van der Waals surface area (Å²) in [5, 5.41) is 4.18. The van der Waals surface area contributed by atoms with Gasteiger partial charge in [0.05, 0.1) is 19.0 Å². The predicted octanol–water partition coefficient (Wildman–Crippen LogP) is 2.89. The Hall–Kier alpha value is -3.42. The number of nitrogens with zero attached hydrogens (tertiary/aromatic N) is 4. The van der Waals surface area contributed by atoms with Gasteiger partial charge in [0.15, 0.2) is 0 Å². The Kier molecular flexibility index (Phi) is 6.16. The van der Waals surface area contributed by atoms with Gasteiger partial charge in [-0.15, -0.1) is 0 Å². The van der Waals surface area contributed by atoms with E-state index in [-0.39, 0.29) is 24.1 Å². The summed E-state index contributed by atoms with van der Waals surface area (Å²) in [6.07, 6.45) is 4.94. The van der Waals surface area contributed by atoms with Crippen LogP contribution in [0.5, 0.6) is 5.75 Å². The van der Waals surface area contributed by atoms with Gasteiger partial charge in [0.25, 0.3) is 5.56 Å². The van der Waals surface area contributed by atoms with Crippen LogP contribution in [-0.4, -0.2) is 39.2 Å². The standard InChI is InChI=1S/C23H26N4O4/c1-16-10-11-21(28)27(25-16)15-22(29)26-12-6-5-8-19(26)23-24-14-18(31-23)13-17-7-3-4-9-20(17)30-2/h3-4,7,9-11,14,19H,5-6,8,12-13,15H2,1-2H3/t19-/m0/s1.